The van der Waals surface area contributed by atoms with E-state index in [9.17, 15) is 0 Å². The molecule has 2 N–H and O–H groups in total. The molecule has 1 aliphatic rings. The molecular formula is C14H18N2O. The second-order valence-electron chi connectivity index (χ2n) is 4.98. The van der Waals surface area contributed by atoms with Crippen molar-refractivity contribution in [2.75, 3.05) is 19.8 Å². The molecule has 0 saturated carbocycles. The van der Waals surface area contributed by atoms with Gasteiger partial charge in [0.2, 0.25) is 0 Å². The predicted octanol–water partition coefficient (Wildman–Crippen LogP) is 1.80. The molecule has 0 aliphatic carbocycles. The van der Waals surface area contributed by atoms with Gasteiger partial charge in [-0.25, -0.2) is 0 Å². The van der Waals surface area contributed by atoms with E-state index in [4.69, 9.17) is 10.5 Å². The Morgan fingerprint density at radius 1 is 1.35 bits per heavy atom. The summed E-state index contributed by atoms with van der Waals surface area (Å²) in [5.41, 5.74) is 8.58. The number of hydrogen-bond acceptors (Lipinski definition) is 2. The summed E-state index contributed by atoms with van der Waals surface area (Å²) >= 11 is 0. The number of rotatable bonds is 3. The van der Waals surface area contributed by atoms with Crippen molar-refractivity contribution in [1.29, 1.82) is 0 Å². The van der Waals surface area contributed by atoms with Crippen LogP contribution in [0.25, 0.3) is 10.9 Å². The number of aromatic nitrogens is 1. The molecule has 1 aromatic heterocycles. The molecule has 1 saturated heterocycles. The highest BCUT2D eigenvalue weighted by Crippen LogP contribution is 2.39. The molecule has 0 amide bonds. The van der Waals surface area contributed by atoms with Crippen molar-refractivity contribution >= 4 is 10.9 Å². The molecule has 2 heterocycles. The van der Waals surface area contributed by atoms with Gasteiger partial charge < -0.3 is 15.0 Å². The number of nitrogens with two attached hydrogens (primary N) is 1. The van der Waals surface area contributed by atoms with Crippen LogP contribution in [0, 0.1) is 0 Å². The van der Waals surface area contributed by atoms with Crippen LogP contribution in [0.3, 0.4) is 0 Å². The van der Waals surface area contributed by atoms with E-state index in [0.29, 0.717) is 6.54 Å². The van der Waals surface area contributed by atoms with Gasteiger partial charge in [-0.05, 0) is 24.6 Å². The van der Waals surface area contributed by atoms with E-state index in [1.165, 1.54) is 16.5 Å². The summed E-state index contributed by atoms with van der Waals surface area (Å²) in [5, 5.41) is 1.34. The Kier molecular flexibility index (Phi) is 2.45. The van der Waals surface area contributed by atoms with Gasteiger partial charge in [-0.1, -0.05) is 18.2 Å². The first-order chi connectivity index (χ1) is 8.27. The second-order valence-corrected chi connectivity index (χ2v) is 4.98. The number of benzene rings is 1. The minimum absolute atomic E-state index is 0.148. The van der Waals surface area contributed by atoms with Gasteiger partial charge in [-0.15, -0.1) is 0 Å². The molecule has 0 spiro atoms. The standard InChI is InChI=1S/C14H18N2O/c1-16-8-12(11-4-2-3-5-13(11)16)14(6-7-15)9-17-10-14/h2-5,8H,6-7,9-10,15H2,1H3. The Hall–Kier alpha value is -1.32. The zero-order valence-electron chi connectivity index (χ0n) is 10.1. The van der Waals surface area contributed by atoms with Crippen LogP contribution in [-0.2, 0) is 17.2 Å². The van der Waals surface area contributed by atoms with Crippen molar-refractivity contribution in [2.24, 2.45) is 12.8 Å². The zero-order valence-corrected chi connectivity index (χ0v) is 10.1. The number of nitrogens with zero attached hydrogens (tertiary/aromatic N) is 1. The molecule has 90 valence electrons. The topological polar surface area (TPSA) is 40.2 Å². The van der Waals surface area contributed by atoms with E-state index in [1.807, 2.05) is 0 Å². The normalized spacial score (nSPS) is 18.2. The van der Waals surface area contributed by atoms with E-state index in [1.54, 1.807) is 0 Å². The largest absolute Gasteiger partial charge is 0.379 e. The molecule has 0 atom stereocenters. The van der Waals surface area contributed by atoms with Crippen LogP contribution in [0.5, 0.6) is 0 Å². The maximum atomic E-state index is 5.75. The molecule has 3 rings (SSSR count). The highest BCUT2D eigenvalue weighted by Gasteiger charge is 2.41. The molecule has 1 fully saturated rings. The van der Waals surface area contributed by atoms with Crippen molar-refractivity contribution in [1.82, 2.24) is 4.57 Å². The lowest BCUT2D eigenvalue weighted by Gasteiger charge is -2.41. The molecule has 0 bridgehead atoms. The maximum Gasteiger partial charge on any atom is 0.0586 e. The third-order valence-corrected chi connectivity index (χ3v) is 3.85. The quantitative estimate of drug-likeness (QED) is 0.873. The van der Waals surface area contributed by atoms with Crippen molar-refractivity contribution in [2.45, 2.75) is 11.8 Å². The van der Waals surface area contributed by atoms with Crippen molar-refractivity contribution in [3.05, 3.63) is 36.0 Å². The summed E-state index contributed by atoms with van der Waals surface area (Å²) in [6, 6.07) is 8.54. The summed E-state index contributed by atoms with van der Waals surface area (Å²) in [4.78, 5) is 0. The molecule has 1 aliphatic heterocycles. The fraction of sp³-hybridized carbons (Fsp3) is 0.429. The summed E-state index contributed by atoms with van der Waals surface area (Å²) in [6.07, 6.45) is 3.24. The lowest BCUT2D eigenvalue weighted by Crippen LogP contribution is -2.47. The van der Waals surface area contributed by atoms with Gasteiger partial charge in [-0.2, -0.15) is 0 Å². The monoisotopic (exact) mass is 230 g/mol. The summed E-state index contributed by atoms with van der Waals surface area (Å²) in [6.45, 7) is 2.32. The Labute approximate surface area is 101 Å². The SMILES string of the molecule is Cn1cc(C2(CCN)COC2)c2ccccc21. The van der Waals surface area contributed by atoms with E-state index in [2.05, 4.69) is 42.1 Å². The molecule has 17 heavy (non-hydrogen) atoms. The van der Waals surface area contributed by atoms with Crippen LogP contribution < -0.4 is 5.73 Å². The Morgan fingerprint density at radius 3 is 2.76 bits per heavy atom. The van der Waals surface area contributed by atoms with Gasteiger partial charge in [0.05, 0.1) is 13.2 Å². The molecule has 3 heteroatoms. The molecule has 3 nitrogen and oxygen atoms in total. The van der Waals surface area contributed by atoms with Crippen molar-refractivity contribution < 1.29 is 4.74 Å². The van der Waals surface area contributed by atoms with Crippen LogP contribution in [-0.4, -0.2) is 24.3 Å². The first kappa shape index (κ1) is 10.8. The first-order valence-corrected chi connectivity index (χ1v) is 6.09. The number of hydrogen-bond donors (Lipinski definition) is 1. The summed E-state index contributed by atoms with van der Waals surface area (Å²) < 4.78 is 7.63. The van der Waals surface area contributed by atoms with Gasteiger partial charge in [0.1, 0.15) is 0 Å². The van der Waals surface area contributed by atoms with E-state index in [0.717, 1.165) is 19.6 Å². The average Bonchev–Trinajstić information content (AvgIpc) is 2.63. The Morgan fingerprint density at radius 2 is 2.12 bits per heavy atom. The minimum Gasteiger partial charge on any atom is -0.379 e. The first-order valence-electron chi connectivity index (χ1n) is 6.09. The van der Waals surface area contributed by atoms with E-state index < -0.39 is 0 Å². The van der Waals surface area contributed by atoms with E-state index >= 15 is 0 Å². The Balaban J connectivity index is 2.16. The number of ether oxygens (including phenoxy) is 1. The van der Waals surface area contributed by atoms with Gasteiger partial charge >= 0.3 is 0 Å². The lowest BCUT2D eigenvalue weighted by atomic mass is 9.76. The van der Waals surface area contributed by atoms with Crippen LogP contribution >= 0.6 is 0 Å². The summed E-state index contributed by atoms with van der Waals surface area (Å²) in [5.74, 6) is 0. The van der Waals surface area contributed by atoms with Crippen LogP contribution in [0.4, 0.5) is 0 Å². The van der Waals surface area contributed by atoms with Crippen molar-refractivity contribution in [3.63, 3.8) is 0 Å². The van der Waals surface area contributed by atoms with Gasteiger partial charge in [0.25, 0.3) is 0 Å². The smallest absolute Gasteiger partial charge is 0.0586 e. The second kappa shape index (κ2) is 3.86. The molecular weight excluding hydrogens is 212 g/mol. The minimum atomic E-state index is 0.148. The fourth-order valence-electron chi connectivity index (χ4n) is 2.82. The third kappa shape index (κ3) is 1.50. The summed E-state index contributed by atoms with van der Waals surface area (Å²) in [7, 11) is 2.10. The van der Waals surface area contributed by atoms with E-state index in [-0.39, 0.29) is 5.41 Å². The fourth-order valence-corrected chi connectivity index (χ4v) is 2.82. The third-order valence-electron chi connectivity index (χ3n) is 3.85. The molecule has 2 aromatic rings. The van der Waals surface area contributed by atoms with Gasteiger partial charge in [0.15, 0.2) is 0 Å². The van der Waals surface area contributed by atoms with Gasteiger partial charge in [0, 0.05) is 29.6 Å². The number of para-hydroxylation sites is 1. The van der Waals surface area contributed by atoms with Crippen molar-refractivity contribution in [3.8, 4) is 0 Å². The lowest BCUT2D eigenvalue weighted by molar-refractivity contribution is -0.0624. The van der Waals surface area contributed by atoms with Crippen LogP contribution in [0.15, 0.2) is 30.5 Å². The number of aryl methyl sites for hydroxylation is 1. The van der Waals surface area contributed by atoms with Crippen LogP contribution in [0.2, 0.25) is 0 Å². The Bertz CT molecular complexity index is 540. The highest BCUT2D eigenvalue weighted by molar-refractivity contribution is 5.85. The maximum absolute atomic E-state index is 5.75. The highest BCUT2D eigenvalue weighted by atomic mass is 16.5. The predicted molar refractivity (Wildman–Crippen MR) is 69.1 cm³/mol. The molecule has 1 aromatic carbocycles. The molecule has 0 radical (unpaired) electrons. The zero-order chi connectivity index (χ0) is 11.9. The van der Waals surface area contributed by atoms with Crippen LogP contribution in [0.1, 0.15) is 12.0 Å². The average molecular weight is 230 g/mol. The molecule has 0 unspecified atom stereocenters. The number of fused-ring (bicyclic) bond motifs is 1. The van der Waals surface area contributed by atoms with Gasteiger partial charge in [-0.3, -0.25) is 0 Å².